The van der Waals surface area contributed by atoms with Gasteiger partial charge in [0.05, 0.1) is 12.6 Å². The van der Waals surface area contributed by atoms with Crippen LogP contribution in [0.15, 0.2) is 30.3 Å². The number of benzene rings is 1. The molecule has 4 nitrogen and oxygen atoms in total. The monoisotopic (exact) mass is 193 g/mol. The van der Waals surface area contributed by atoms with Crippen LogP contribution in [0.3, 0.4) is 0 Å². The number of amides is 1. The van der Waals surface area contributed by atoms with Crippen LogP contribution in [0.25, 0.3) is 0 Å². The number of cyclic esters (lactones) is 1. The molecule has 1 amide bonds. The van der Waals surface area contributed by atoms with E-state index < -0.39 is 6.09 Å². The summed E-state index contributed by atoms with van der Waals surface area (Å²) in [4.78, 5) is 12.8. The minimum Gasteiger partial charge on any atom is -0.447 e. The van der Waals surface area contributed by atoms with Gasteiger partial charge in [-0.05, 0) is 12.1 Å². The van der Waals surface area contributed by atoms with Crippen molar-refractivity contribution < 1.29 is 14.6 Å². The van der Waals surface area contributed by atoms with E-state index >= 15 is 0 Å². The van der Waals surface area contributed by atoms with Gasteiger partial charge in [0.1, 0.15) is 6.61 Å². The Morgan fingerprint density at radius 2 is 2.14 bits per heavy atom. The van der Waals surface area contributed by atoms with Gasteiger partial charge < -0.3 is 9.84 Å². The second-order valence-corrected chi connectivity index (χ2v) is 3.12. The van der Waals surface area contributed by atoms with E-state index in [-0.39, 0.29) is 19.3 Å². The average molecular weight is 193 g/mol. The number of nitrogens with zero attached hydrogens (tertiary/aromatic N) is 1. The van der Waals surface area contributed by atoms with E-state index in [0.717, 1.165) is 5.69 Å². The molecule has 0 radical (unpaired) electrons. The second-order valence-electron chi connectivity index (χ2n) is 3.12. The van der Waals surface area contributed by atoms with Crippen molar-refractivity contribution in [3.63, 3.8) is 0 Å². The molecule has 1 aromatic rings. The summed E-state index contributed by atoms with van der Waals surface area (Å²) in [5.41, 5.74) is 0.758. The van der Waals surface area contributed by atoms with Crippen LogP contribution in [-0.4, -0.2) is 30.5 Å². The summed E-state index contributed by atoms with van der Waals surface area (Å²) >= 11 is 0. The van der Waals surface area contributed by atoms with Gasteiger partial charge in [-0.1, -0.05) is 18.2 Å². The summed E-state index contributed by atoms with van der Waals surface area (Å²) < 4.78 is 4.85. The van der Waals surface area contributed by atoms with Gasteiger partial charge >= 0.3 is 6.09 Å². The van der Waals surface area contributed by atoms with Crippen LogP contribution in [0.4, 0.5) is 10.5 Å². The average Bonchev–Trinajstić information content (AvgIpc) is 2.61. The number of hydrogen-bond acceptors (Lipinski definition) is 3. The van der Waals surface area contributed by atoms with Gasteiger partial charge in [0.15, 0.2) is 0 Å². The summed E-state index contributed by atoms with van der Waals surface area (Å²) in [6, 6.07) is 8.93. The fourth-order valence-corrected chi connectivity index (χ4v) is 1.50. The van der Waals surface area contributed by atoms with Gasteiger partial charge in [0, 0.05) is 5.69 Å². The molecule has 1 aliphatic rings. The topological polar surface area (TPSA) is 49.8 Å². The quantitative estimate of drug-likeness (QED) is 0.762. The maximum atomic E-state index is 11.3. The molecule has 1 unspecified atom stereocenters. The van der Waals surface area contributed by atoms with Gasteiger partial charge in [0.25, 0.3) is 0 Å². The van der Waals surface area contributed by atoms with E-state index in [0.29, 0.717) is 0 Å². The van der Waals surface area contributed by atoms with Gasteiger partial charge in [0.2, 0.25) is 0 Å². The summed E-state index contributed by atoms with van der Waals surface area (Å²) in [5.74, 6) is 0. The molecular weight excluding hydrogens is 182 g/mol. The van der Waals surface area contributed by atoms with Crippen LogP contribution >= 0.6 is 0 Å². The molecule has 2 rings (SSSR count). The lowest BCUT2D eigenvalue weighted by Gasteiger charge is -2.19. The zero-order valence-electron chi connectivity index (χ0n) is 7.59. The molecule has 1 aromatic carbocycles. The number of ether oxygens (including phenoxy) is 1. The van der Waals surface area contributed by atoms with Crippen molar-refractivity contribution in [3.05, 3.63) is 30.3 Å². The molecule has 0 spiro atoms. The first kappa shape index (κ1) is 9.02. The predicted octanol–water partition coefficient (Wildman–Crippen LogP) is 1.00. The van der Waals surface area contributed by atoms with Crippen LogP contribution in [0.1, 0.15) is 0 Å². The van der Waals surface area contributed by atoms with Gasteiger partial charge in [-0.3, -0.25) is 4.90 Å². The first-order valence-electron chi connectivity index (χ1n) is 4.45. The summed E-state index contributed by atoms with van der Waals surface area (Å²) in [7, 11) is 0. The Bertz CT molecular complexity index is 325. The Hall–Kier alpha value is -1.55. The third kappa shape index (κ3) is 1.44. The van der Waals surface area contributed by atoms with Crippen LogP contribution in [0, 0.1) is 0 Å². The van der Waals surface area contributed by atoms with Crippen molar-refractivity contribution in [2.75, 3.05) is 18.1 Å². The van der Waals surface area contributed by atoms with E-state index in [4.69, 9.17) is 9.84 Å². The molecule has 0 saturated carbocycles. The number of hydrogen-bond donors (Lipinski definition) is 1. The highest BCUT2D eigenvalue weighted by atomic mass is 16.6. The minimum atomic E-state index is -0.393. The Morgan fingerprint density at radius 3 is 2.79 bits per heavy atom. The highest BCUT2D eigenvalue weighted by Crippen LogP contribution is 2.21. The molecule has 4 heteroatoms. The van der Waals surface area contributed by atoms with E-state index in [9.17, 15) is 4.79 Å². The molecule has 0 bridgehead atoms. The smallest absolute Gasteiger partial charge is 0.414 e. The summed E-state index contributed by atoms with van der Waals surface area (Å²) in [6.45, 7) is 0.171. The predicted molar refractivity (Wildman–Crippen MR) is 51.1 cm³/mol. The second kappa shape index (κ2) is 3.67. The Kier molecular flexibility index (Phi) is 2.37. The van der Waals surface area contributed by atoms with E-state index in [1.165, 1.54) is 4.90 Å². The van der Waals surface area contributed by atoms with Crippen molar-refractivity contribution in [3.8, 4) is 0 Å². The molecule has 1 saturated heterocycles. The number of para-hydroxylation sites is 1. The molecule has 1 fully saturated rings. The third-order valence-electron chi connectivity index (χ3n) is 2.21. The van der Waals surface area contributed by atoms with Gasteiger partial charge in [-0.15, -0.1) is 0 Å². The van der Waals surface area contributed by atoms with Crippen LogP contribution < -0.4 is 4.90 Å². The van der Waals surface area contributed by atoms with Gasteiger partial charge in [-0.2, -0.15) is 0 Å². The first-order chi connectivity index (χ1) is 6.83. The normalized spacial score (nSPS) is 21.1. The SMILES string of the molecule is O=C1OCC(CO)N1c1ccccc1. The molecule has 1 atom stereocenters. The fourth-order valence-electron chi connectivity index (χ4n) is 1.50. The van der Waals surface area contributed by atoms with Crippen molar-refractivity contribution >= 4 is 11.8 Å². The molecule has 1 heterocycles. The third-order valence-corrected chi connectivity index (χ3v) is 2.21. The van der Waals surface area contributed by atoms with Crippen LogP contribution in [-0.2, 0) is 4.74 Å². The largest absolute Gasteiger partial charge is 0.447 e. The van der Waals surface area contributed by atoms with Crippen molar-refractivity contribution in [1.82, 2.24) is 0 Å². The number of rotatable bonds is 2. The number of carbonyl (C=O) groups is 1. The van der Waals surface area contributed by atoms with Gasteiger partial charge in [-0.25, -0.2) is 4.79 Å². The molecule has 1 N–H and O–H groups in total. The van der Waals surface area contributed by atoms with Crippen LogP contribution in [0.2, 0.25) is 0 Å². The standard InChI is InChI=1S/C10H11NO3/c12-6-9-7-14-10(13)11(9)8-4-2-1-3-5-8/h1-5,9,12H,6-7H2. The molecule has 0 aromatic heterocycles. The fraction of sp³-hybridized carbons (Fsp3) is 0.300. The van der Waals surface area contributed by atoms with E-state index in [1.807, 2.05) is 30.3 Å². The number of anilines is 1. The number of aliphatic hydroxyl groups excluding tert-OH is 1. The summed E-state index contributed by atoms with van der Waals surface area (Å²) in [5, 5.41) is 9.04. The van der Waals surface area contributed by atoms with Crippen molar-refractivity contribution in [2.45, 2.75) is 6.04 Å². The Morgan fingerprint density at radius 1 is 1.43 bits per heavy atom. The molecule has 0 aliphatic carbocycles. The minimum absolute atomic E-state index is 0.0827. The lowest BCUT2D eigenvalue weighted by atomic mass is 10.2. The zero-order valence-corrected chi connectivity index (χ0v) is 7.59. The lowest BCUT2D eigenvalue weighted by molar-refractivity contribution is 0.174. The molecular formula is C10H11NO3. The molecule has 14 heavy (non-hydrogen) atoms. The number of aliphatic hydroxyl groups is 1. The number of carbonyl (C=O) groups excluding carboxylic acids is 1. The van der Waals surface area contributed by atoms with E-state index in [2.05, 4.69) is 0 Å². The van der Waals surface area contributed by atoms with Crippen molar-refractivity contribution in [2.24, 2.45) is 0 Å². The zero-order chi connectivity index (χ0) is 9.97. The maximum Gasteiger partial charge on any atom is 0.414 e. The molecule has 74 valence electrons. The highest BCUT2D eigenvalue weighted by Gasteiger charge is 2.33. The Balaban J connectivity index is 2.28. The maximum absolute atomic E-state index is 11.3. The van der Waals surface area contributed by atoms with Crippen molar-refractivity contribution in [1.29, 1.82) is 0 Å². The first-order valence-corrected chi connectivity index (χ1v) is 4.45. The Labute approximate surface area is 81.7 Å². The molecule has 1 aliphatic heterocycles. The van der Waals surface area contributed by atoms with E-state index in [1.54, 1.807) is 0 Å². The summed E-state index contributed by atoms with van der Waals surface area (Å²) in [6.07, 6.45) is -0.393. The highest BCUT2D eigenvalue weighted by molar-refractivity contribution is 5.90. The lowest BCUT2D eigenvalue weighted by Crippen LogP contribution is -2.35. The van der Waals surface area contributed by atoms with Crippen LogP contribution in [0.5, 0.6) is 0 Å².